The fourth-order valence-electron chi connectivity index (χ4n) is 3.00. The van der Waals surface area contributed by atoms with Crippen LogP contribution < -0.4 is 14.8 Å². The van der Waals surface area contributed by atoms with Crippen molar-refractivity contribution in [1.29, 1.82) is 0 Å². The van der Waals surface area contributed by atoms with E-state index in [9.17, 15) is 14.4 Å². The molecule has 9 heteroatoms. The van der Waals surface area contributed by atoms with E-state index in [0.29, 0.717) is 28.7 Å². The van der Waals surface area contributed by atoms with Gasteiger partial charge in [0.25, 0.3) is 11.8 Å². The molecular weight excluding hydrogens is 547 g/mol. The van der Waals surface area contributed by atoms with E-state index < -0.39 is 17.8 Å². The summed E-state index contributed by atoms with van der Waals surface area (Å²) in [5, 5.41) is 2.76. The number of hydrogen-bond donors (Lipinski definition) is 1. The van der Waals surface area contributed by atoms with Gasteiger partial charge in [0.1, 0.15) is 12.2 Å². The van der Waals surface area contributed by atoms with Crippen LogP contribution >= 0.6 is 34.2 Å². The van der Waals surface area contributed by atoms with Gasteiger partial charge in [0, 0.05) is 17.1 Å². The molecule has 3 rings (SSSR count). The third kappa shape index (κ3) is 5.31. The van der Waals surface area contributed by atoms with Gasteiger partial charge in [0.2, 0.25) is 0 Å². The number of nitrogens with zero attached hydrogens (tertiary/aromatic N) is 1. The lowest BCUT2D eigenvalue weighted by molar-refractivity contribution is -0.129. The van der Waals surface area contributed by atoms with E-state index in [2.05, 4.69) is 34.5 Å². The van der Waals surface area contributed by atoms with Gasteiger partial charge in [-0.15, -0.1) is 6.58 Å². The second-order valence-corrected chi connectivity index (χ2v) is 8.23. The van der Waals surface area contributed by atoms with Crippen LogP contribution in [-0.2, 0) is 16.2 Å². The second-order valence-electron chi connectivity index (χ2n) is 6.66. The Kier molecular flexibility index (Phi) is 7.92. The summed E-state index contributed by atoms with van der Waals surface area (Å²) in [5.41, 5.74) is 1.22. The molecule has 0 aliphatic carbocycles. The van der Waals surface area contributed by atoms with Crippen molar-refractivity contribution < 1.29 is 23.9 Å². The molecule has 0 spiro atoms. The Bertz CT molecular complexity index is 1120. The highest BCUT2D eigenvalue weighted by atomic mass is 127. The summed E-state index contributed by atoms with van der Waals surface area (Å²) < 4.78 is 12.4. The first-order valence-corrected chi connectivity index (χ1v) is 11.1. The summed E-state index contributed by atoms with van der Waals surface area (Å²) in [6.45, 7) is 6.00. The summed E-state index contributed by atoms with van der Waals surface area (Å²) in [5.74, 6) is -0.462. The van der Waals surface area contributed by atoms with Crippen molar-refractivity contribution in [2.45, 2.75) is 13.5 Å². The predicted molar refractivity (Wildman–Crippen MR) is 130 cm³/mol. The summed E-state index contributed by atoms with van der Waals surface area (Å²) >= 11 is 8.31. The minimum absolute atomic E-state index is 0.00809. The quantitative estimate of drug-likeness (QED) is 0.219. The third-order valence-electron chi connectivity index (χ3n) is 4.47. The molecule has 1 aliphatic heterocycles. The fourth-order valence-corrected chi connectivity index (χ4v) is 3.97. The van der Waals surface area contributed by atoms with Gasteiger partial charge in [-0.2, -0.15) is 0 Å². The number of imide groups is 2. The highest BCUT2D eigenvalue weighted by molar-refractivity contribution is 14.1. The largest absolute Gasteiger partial charge is 0.490 e. The van der Waals surface area contributed by atoms with E-state index in [1.54, 1.807) is 18.2 Å². The first-order valence-electron chi connectivity index (χ1n) is 9.68. The van der Waals surface area contributed by atoms with Gasteiger partial charge < -0.3 is 9.47 Å². The molecule has 0 radical (unpaired) electrons. The maximum Gasteiger partial charge on any atom is 0.331 e. The molecule has 1 aliphatic rings. The highest BCUT2D eigenvalue weighted by Crippen LogP contribution is 2.36. The number of benzene rings is 2. The summed E-state index contributed by atoms with van der Waals surface area (Å²) in [6, 6.07) is 10.0. The number of ether oxygens (including phenoxy) is 2. The van der Waals surface area contributed by atoms with Gasteiger partial charge in [-0.3, -0.25) is 19.8 Å². The lowest BCUT2D eigenvalue weighted by Gasteiger charge is -2.25. The first-order chi connectivity index (χ1) is 15.3. The zero-order valence-corrected chi connectivity index (χ0v) is 20.1. The molecule has 1 heterocycles. The zero-order valence-electron chi connectivity index (χ0n) is 17.2. The number of carbonyl (C=O) groups is 3. The topological polar surface area (TPSA) is 84.9 Å². The van der Waals surface area contributed by atoms with Crippen LogP contribution in [0.2, 0.25) is 5.02 Å². The minimum Gasteiger partial charge on any atom is -0.490 e. The Morgan fingerprint density at radius 2 is 1.94 bits per heavy atom. The lowest BCUT2D eigenvalue weighted by Crippen LogP contribution is -2.54. The summed E-state index contributed by atoms with van der Waals surface area (Å²) in [6.07, 6.45) is 2.83. The van der Waals surface area contributed by atoms with E-state index in [1.807, 2.05) is 25.1 Å². The molecule has 1 fully saturated rings. The van der Waals surface area contributed by atoms with Crippen LogP contribution in [-0.4, -0.2) is 35.9 Å². The smallest absolute Gasteiger partial charge is 0.331 e. The van der Waals surface area contributed by atoms with E-state index in [0.717, 1.165) is 14.0 Å². The molecular formula is C23H20ClIN2O5. The van der Waals surface area contributed by atoms with Gasteiger partial charge in [0.05, 0.1) is 10.2 Å². The van der Waals surface area contributed by atoms with Crippen LogP contribution in [0.25, 0.3) is 6.08 Å². The SMILES string of the molecule is C=CCN1C(=O)NC(=O)C(=Cc2cc(I)c(OCc3ccccc3Cl)c(OCC)c2)C1=O. The standard InChI is InChI=1S/C23H20ClIN2O5/c1-3-9-27-22(29)16(21(28)26-23(27)30)10-14-11-18(25)20(19(12-14)31-4-2)32-13-15-7-5-6-8-17(15)24/h3,5-8,10-12H,1,4,9,13H2,2H3,(H,26,28,30). The van der Waals surface area contributed by atoms with Crippen molar-refractivity contribution in [2.75, 3.05) is 13.2 Å². The second kappa shape index (κ2) is 10.6. The van der Waals surface area contributed by atoms with E-state index in [1.165, 1.54) is 12.2 Å². The summed E-state index contributed by atoms with van der Waals surface area (Å²) in [4.78, 5) is 37.7. The van der Waals surface area contributed by atoms with Crippen LogP contribution in [0, 0.1) is 3.57 Å². The monoisotopic (exact) mass is 566 g/mol. The van der Waals surface area contributed by atoms with Crippen molar-refractivity contribution in [3.8, 4) is 11.5 Å². The number of carbonyl (C=O) groups excluding carboxylic acids is 3. The Morgan fingerprint density at radius 1 is 1.19 bits per heavy atom. The Balaban J connectivity index is 1.93. The van der Waals surface area contributed by atoms with Crippen LogP contribution in [0.15, 0.2) is 54.6 Å². The van der Waals surface area contributed by atoms with Gasteiger partial charge in [-0.05, 0) is 59.4 Å². The Hall–Kier alpha value is -2.85. The van der Waals surface area contributed by atoms with Crippen molar-refractivity contribution in [1.82, 2.24) is 10.2 Å². The number of rotatable bonds is 8. The molecule has 1 saturated heterocycles. The minimum atomic E-state index is -0.773. The first kappa shape index (κ1) is 23.8. The number of hydrogen-bond acceptors (Lipinski definition) is 5. The number of nitrogens with one attached hydrogen (secondary N) is 1. The van der Waals surface area contributed by atoms with Crippen molar-refractivity contribution in [3.05, 3.63) is 74.3 Å². The van der Waals surface area contributed by atoms with Crippen molar-refractivity contribution in [2.24, 2.45) is 0 Å². The molecule has 0 aromatic heterocycles. The van der Waals surface area contributed by atoms with Gasteiger partial charge in [-0.1, -0.05) is 35.9 Å². The molecule has 0 saturated carbocycles. The molecule has 4 amide bonds. The Labute approximate surface area is 204 Å². The molecule has 0 atom stereocenters. The zero-order chi connectivity index (χ0) is 23.3. The lowest BCUT2D eigenvalue weighted by atomic mass is 10.1. The average Bonchev–Trinajstić information content (AvgIpc) is 2.75. The predicted octanol–water partition coefficient (Wildman–Crippen LogP) is 4.57. The highest BCUT2D eigenvalue weighted by Gasteiger charge is 2.35. The van der Waals surface area contributed by atoms with E-state index >= 15 is 0 Å². The number of barbiturate groups is 1. The maximum absolute atomic E-state index is 12.7. The molecule has 32 heavy (non-hydrogen) atoms. The van der Waals surface area contributed by atoms with Crippen LogP contribution in [0.5, 0.6) is 11.5 Å². The van der Waals surface area contributed by atoms with Gasteiger partial charge in [-0.25, -0.2) is 4.79 Å². The van der Waals surface area contributed by atoms with Gasteiger partial charge in [0.15, 0.2) is 11.5 Å². The number of urea groups is 1. The molecule has 7 nitrogen and oxygen atoms in total. The number of halogens is 2. The molecule has 0 unspecified atom stereocenters. The maximum atomic E-state index is 12.7. The van der Waals surface area contributed by atoms with Crippen molar-refractivity contribution >= 4 is 58.1 Å². The molecule has 166 valence electrons. The van der Waals surface area contributed by atoms with Crippen molar-refractivity contribution in [3.63, 3.8) is 0 Å². The molecule has 1 N–H and O–H groups in total. The van der Waals surface area contributed by atoms with Crippen LogP contribution in [0.3, 0.4) is 0 Å². The molecule has 0 bridgehead atoms. The van der Waals surface area contributed by atoms with Crippen LogP contribution in [0.1, 0.15) is 18.1 Å². The fraction of sp³-hybridized carbons (Fsp3) is 0.174. The van der Waals surface area contributed by atoms with E-state index in [4.69, 9.17) is 21.1 Å². The average molecular weight is 567 g/mol. The van der Waals surface area contributed by atoms with Gasteiger partial charge >= 0.3 is 6.03 Å². The molecule has 2 aromatic carbocycles. The normalized spacial score (nSPS) is 15.0. The third-order valence-corrected chi connectivity index (χ3v) is 5.64. The van der Waals surface area contributed by atoms with E-state index in [-0.39, 0.29) is 18.7 Å². The number of amides is 4. The van der Waals surface area contributed by atoms with Crippen LogP contribution in [0.4, 0.5) is 4.79 Å². The Morgan fingerprint density at radius 3 is 2.62 bits per heavy atom. The summed E-state index contributed by atoms with van der Waals surface area (Å²) in [7, 11) is 0. The molecule has 2 aromatic rings.